The van der Waals surface area contributed by atoms with Gasteiger partial charge in [-0.1, -0.05) is 11.2 Å². The van der Waals surface area contributed by atoms with Gasteiger partial charge in [-0.15, -0.1) is 0 Å². The number of oxime groups is 1. The third-order valence-corrected chi connectivity index (χ3v) is 2.37. The van der Waals surface area contributed by atoms with E-state index in [4.69, 9.17) is 9.94 Å². The molecule has 1 N–H and O–H groups in total. The summed E-state index contributed by atoms with van der Waals surface area (Å²) in [5.41, 5.74) is 4.08. The molecular formula is C12H17NO2. The molecule has 0 aliphatic heterocycles. The number of benzene rings is 1. The molecule has 0 radical (unpaired) electrons. The summed E-state index contributed by atoms with van der Waals surface area (Å²) in [6.07, 6.45) is 0. The summed E-state index contributed by atoms with van der Waals surface area (Å²) < 4.78 is 5.56. The first kappa shape index (κ1) is 11.6. The molecule has 1 aromatic carbocycles. The fourth-order valence-corrected chi connectivity index (χ4v) is 1.36. The van der Waals surface area contributed by atoms with Crippen molar-refractivity contribution in [2.75, 3.05) is 6.61 Å². The fourth-order valence-electron chi connectivity index (χ4n) is 1.36. The maximum Gasteiger partial charge on any atom is 0.129 e. The smallest absolute Gasteiger partial charge is 0.129 e. The second-order valence-electron chi connectivity index (χ2n) is 3.83. The Morgan fingerprint density at radius 2 is 2.00 bits per heavy atom. The van der Waals surface area contributed by atoms with E-state index in [1.54, 1.807) is 6.92 Å². The predicted octanol–water partition coefficient (Wildman–Crippen LogP) is 2.84. The van der Waals surface area contributed by atoms with Crippen LogP contribution in [0.25, 0.3) is 0 Å². The highest BCUT2D eigenvalue weighted by molar-refractivity contribution is 5.82. The Hall–Kier alpha value is -1.51. The molecule has 0 unspecified atom stereocenters. The van der Waals surface area contributed by atoms with Crippen molar-refractivity contribution < 1.29 is 9.94 Å². The molecule has 0 aromatic heterocycles. The van der Waals surface area contributed by atoms with Crippen molar-refractivity contribution in [2.45, 2.75) is 27.7 Å². The second-order valence-corrected chi connectivity index (χ2v) is 3.83. The van der Waals surface area contributed by atoms with Gasteiger partial charge in [-0.25, -0.2) is 0 Å². The SMILES string of the molecule is C/C(COc1cc(C)cc(C)c1C)=N\O. The van der Waals surface area contributed by atoms with Crippen molar-refractivity contribution in [3.63, 3.8) is 0 Å². The highest BCUT2D eigenvalue weighted by Gasteiger charge is 2.04. The summed E-state index contributed by atoms with van der Waals surface area (Å²) in [6.45, 7) is 8.15. The van der Waals surface area contributed by atoms with Crippen LogP contribution in [0.3, 0.4) is 0 Å². The molecule has 3 heteroatoms. The van der Waals surface area contributed by atoms with Gasteiger partial charge in [-0.3, -0.25) is 0 Å². The number of hydrogen-bond acceptors (Lipinski definition) is 3. The molecule has 0 aliphatic carbocycles. The van der Waals surface area contributed by atoms with Crippen LogP contribution >= 0.6 is 0 Å². The molecule has 0 spiro atoms. The molecule has 0 heterocycles. The van der Waals surface area contributed by atoms with Gasteiger partial charge in [0.2, 0.25) is 0 Å². The molecule has 0 fully saturated rings. The van der Waals surface area contributed by atoms with Gasteiger partial charge in [0.05, 0.1) is 5.71 Å². The first-order valence-corrected chi connectivity index (χ1v) is 4.92. The Balaban J connectivity index is 2.85. The van der Waals surface area contributed by atoms with Crippen LogP contribution < -0.4 is 4.74 Å². The van der Waals surface area contributed by atoms with Gasteiger partial charge in [0, 0.05) is 0 Å². The molecule has 0 saturated carbocycles. The molecule has 0 aliphatic rings. The molecule has 0 amide bonds. The van der Waals surface area contributed by atoms with E-state index in [2.05, 4.69) is 18.1 Å². The summed E-state index contributed by atoms with van der Waals surface area (Å²) in [7, 11) is 0. The number of hydrogen-bond donors (Lipinski definition) is 1. The van der Waals surface area contributed by atoms with Gasteiger partial charge >= 0.3 is 0 Å². The molecular weight excluding hydrogens is 190 g/mol. The summed E-state index contributed by atoms with van der Waals surface area (Å²) in [4.78, 5) is 0. The predicted molar refractivity (Wildman–Crippen MR) is 61.0 cm³/mol. The van der Waals surface area contributed by atoms with Crippen molar-refractivity contribution in [3.8, 4) is 5.75 Å². The third-order valence-electron chi connectivity index (χ3n) is 2.37. The zero-order valence-electron chi connectivity index (χ0n) is 9.66. The maximum absolute atomic E-state index is 8.50. The van der Waals surface area contributed by atoms with Crippen molar-refractivity contribution in [3.05, 3.63) is 28.8 Å². The standard InChI is InChI=1S/C12H17NO2/c1-8-5-9(2)11(4)12(6-8)15-7-10(3)13-14/h5-6,14H,7H2,1-4H3/b13-10+. The number of aryl methyl sites for hydroxylation is 2. The molecule has 82 valence electrons. The Bertz CT molecular complexity index is 383. The molecule has 0 bridgehead atoms. The summed E-state index contributed by atoms with van der Waals surface area (Å²) in [5.74, 6) is 0.857. The average molecular weight is 207 g/mol. The second kappa shape index (κ2) is 4.82. The van der Waals surface area contributed by atoms with Gasteiger partial charge < -0.3 is 9.94 Å². The van der Waals surface area contributed by atoms with Crippen LogP contribution in [-0.2, 0) is 0 Å². The number of rotatable bonds is 3. The molecule has 1 rings (SSSR count). The van der Waals surface area contributed by atoms with Gasteiger partial charge in [0.25, 0.3) is 0 Å². The lowest BCUT2D eigenvalue weighted by atomic mass is 10.1. The maximum atomic E-state index is 8.50. The van der Waals surface area contributed by atoms with Crippen LogP contribution in [0.5, 0.6) is 5.75 Å². The average Bonchev–Trinajstić information content (AvgIpc) is 2.20. The molecule has 0 saturated heterocycles. The van der Waals surface area contributed by atoms with E-state index < -0.39 is 0 Å². The zero-order chi connectivity index (χ0) is 11.4. The van der Waals surface area contributed by atoms with E-state index in [1.807, 2.05) is 19.9 Å². The van der Waals surface area contributed by atoms with E-state index >= 15 is 0 Å². The van der Waals surface area contributed by atoms with Gasteiger partial charge in [-0.05, 0) is 50.5 Å². The highest BCUT2D eigenvalue weighted by atomic mass is 16.5. The normalized spacial score (nSPS) is 11.6. The summed E-state index contributed by atoms with van der Waals surface area (Å²) >= 11 is 0. The highest BCUT2D eigenvalue weighted by Crippen LogP contribution is 2.23. The van der Waals surface area contributed by atoms with Gasteiger partial charge in [0.15, 0.2) is 0 Å². The topological polar surface area (TPSA) is 41.8 Å². The van der Waals surface area contributed by atoms with Crippen LogP contribution in [-0.4, -0.2) is 17.5 Å². The molecule has 15 heavy (non-hydrogen) atoms. The Kier molecular flexibility index (Phi) is 3.72. The minimum absolute atomic E-state index is 0.320. The van der Waals surface area contributed by atoms with E-state index in [9.17, 15) is 0 Å². The first-order chi connectivity index (χ1) is 7.04. The zero-order valence-corrected chi connectivity index (χ0v) is 9.66. The monoisotopic (exact) mass is 207 g/mol. The van der Waals surface area contributed by atoms with Crippen molar-refractivity contribution in [2.24, 2.45) is 5.16 Å². The fraction of sp³-hybridized carbons (Fsp3) is 0.417. The summed E-state index contributed by atoms with van der Waals surface area (Å²) in [5, 5.41) is 11.6. The van der Waals surface area contributed by atoms with Crippen LogP contribution in [0.15, 0.2) is 17.3 Å². The lowest BCUT2D eigenvalue weighted by molar-refractivity contribution is 0.306. The number of nitrogens with zero attached hydrogens (tertiary/aromatic N) is 1. The van der Waals surface area contributed by atoms with Crippen LogP contribution in [0.1, 0.15) is 23.6 Å². The molecule has 1 aromatic rings. The van der Waals surface area contributed by atoms with Crippen LogP contribution in [0.4, 0.5) is 0 Å². The summed E-state index contributed by atoms with van der Waals surface area (Å²) in [6, 6.07) is 4.11. The largest absolute Gasteiger partial charge is 0.487 e. The van der Waals surface area contributed by atoms with E-state index in [1.165, 1.54) is 11.1 Å². The number of ether oxygens (including phenoxy) is 1. The Labute approximate surface area is 90.4 Å². The van der Waals surface area contributed by atoms with E-state index in [0.717, 1.165) is 11.3 Å². The van der Waals surface area contributed by atoms with Crippen molar-refractivity contribution >= 4 is 5.71 Å². The lowest BCUT2D eigenvalue weighted by Gasteiger charge is -2.11. The van der Waals surface area contributed by atoms with E-state index in [0.29, 0.717) is 12.3 Å². The third kappa shape index (κ3) is 2.98. The molecule has 0 atom stereocenters. The van der Waals surface area contributed by atoms with Gasteiger partial charge in [-0.2, -0.15) is 0 Å². The Morgan fingerprint density at radius 1 is 1.33 bits per heavy atom. The quantitative estimate of drug-likeness (QED) is 0.470. The minimum atomic E-state index is 0.320. The van der Waals surface area contributed by atoms with Crippen molar-refractivity contribution in [1.29, 1.82) is 0 Å². The Morgan fingerprint density at radius 3 is 2.60 bits per heavy atom. The first-order valence-electron chi connectivity index (χ1n) is 4.92. The van der Waals surface area contributed by atoms with E-state index in [-0.39, 0.29) is 0 Å². The van der Waals surface area contributed by atoms with Crippen molar-refractivity contribution in [1.82, 2.24) is 0 Å². The lowest BCUT2D eigenvalue weighted by Crippen LogP contribution is -2.08. The molecule has 3 nitrogen and oxygen atoms in total. The van der Waals surface area contributed by atoms with Gasteiger partial charge in [0.1, 0.15) is 12.4 Å². The van der Waals surface area contributed by atoms with Crippen LogP contribution in [0.2, 0.25) is 0 Å². The minimum Gasteiger partial charge on any atom is -0.487 e. The van der Waals surface area contributed by atoms with Crippen LogP contribution in [0, 0.1) is 20.8 Å².